The van der Waals surface area contributed by atoms with Gasteiger partial charge in [0.05, 0.1) is 11.6 Å². The summed E-state index contributed by atoms with van der Waals surface area (Å²) in [5, 5.41) is 6.48. The zero-order valence-corrected chi connectivity index (χ0v) is 15.0. The number of benzene rings is 1. The highest BCUT2D eigenvalue weighted by Gasteiger charge is 2.47. The molecule has 0 radical (unpaired) electrons. The summed E-state index contributed by atoms with van der Waals surface area (Å²) < 4.78 is 5.85. The van der Waals surface area contributed by atoms with Crippen LogP contribution < -0.4 is 15.4 Å². The lowest BCUT2D eigenvalue weighted by Crippen LogP contribution is -2.42. The molecule has 0 unspecified atom stereocenters. The first-order chi connectivity index (χ1) is 12.6. The van der Waals surface area contributed by atoms with E-state index in [2.05, 4.69) is 40.7 Å². The number of aromatic nitrogens is 1. The SMILES string of the molecule is Cc1ccc2c(c1)OC[C@H](NC(=O)c1cnc3c(c1)C1(CCN3)CC1)C2. The first-order valence-electron chi connectivity index (χ1n) is 9.41. The zero-order valence-electron chi connectivity index (χ0n) is 15.0. The van der Waals surface area contributed by atoms with Crippen molar-refractivity contribution in [1.82, 2.24) is 10.3 Å². The molecule has 3 heterocycles. The number of amides is 1. The van der Waals surface area contributed by atoms with Gasteiger partial charge in [-0.05, 0) is 55.9 Å². The highest BCUT2D eigenvalue weighted by atomic mass is 16.5. The minimum absolute atomic E-state index is 0.0123. The molecule has 3 aliphatic rings. The fraction of sp³-hybridized carbons (Fsp3) is 0.429. The van der Waals surface area contributed by atoms with Crippen LogP contribution in [0.25, 0.3) is 0 Å². The number of carbonyl (C=O) groups excluding carboxylic acids is 1. The molecule has 5 nitrogen and oxygen atoms in total. The summed E-state index contributed by atoms with van der Waals surface area (Å²) in [5.41, 5.74) is 4.48. The van der Waals surface area contributed by atoms with Crippen molar-refractivity contribution in [2.24, 2.45) is 0 Å². The summed E-state index contributed by atoms with van der Waals surface area (Å²) in [4.78, 5) is 17.3. The number of hydrogen-bond donors (Lipinski definition) is 2. The maximum Gasteiger partial charge on any atom is 0.253 e. The predicted molar refractivity (Wildman–Crippen MR) is 99.9 cm³/mol. The second-order valence-corrected chi connectivity index (χ2v) is 7.87. The van der Waals surface area contributed by atoms with E-state index >= 15 is 0 Å². The van der Waals surface area contributed by atoms with Crippen molar-refractivity contribution >= 4 is 11.7 Å². The van der Waals surface area contributed by atoms with E-state index in [1.165, 1.54) is 24.0 Å². The van der Waals surface area contributed by atoms with Crippen molar-refractivity contribution in [2.45, 2.75) is 44.1 Å². The molecular weight excluding hydrogens is 326 g/mol. The van der Waals surface area contributed by atoms with E-state index in [-0.39, 0.29) is 17.4 Å². The van der Waals surface area contributed by atoms with Crippen molar-refractivity contribution < 1.29 is 9.53 Å². The summed E-state index contributed by atoms with van der Waals surface area (Å²) >= 11 is 0. The number of fused-ring (bicyclic) bond motifs is 3. The summed E-state index contributed by atoms with van der Waals surface area (Å²) in [6, 6.07) is 8.26. The largest absolute Gasteiger partial charge is 0.491 e. The molecular formula is C21H23N3O2. The Hall–Kier alpha value is -2.56. The number of nitrogens with zero attached hydrogens (tertiary/aromatic N) is 1. The van der Waals surface area contributed by atoms with Crippen LogP contribution in [-0.2, 0) is 11.8 Å². The predicted octanol–water partition coefficient (Wildman–Crippen LogP) is 2.97. The molecule has 1 spiro atoms. The van der Waals surface area contributed by atoms with Crippen LogP contribution in [0.1, 0.15) is 46.3 Å². The first-order valence-corrected chi connectivity index (χ1v) is 9.41. The smallest absolute Gasteiger partial charge is 0.253 e. The second kappa shape index (κ2) is 5.73. The fourth-order valence-electron chi connectivity index (χ4n) is 4.20. The average Bonchev–Trinajstić information content (AvgIpc) is 3.42. The summed E-state index contributed by atoms with van der Waals surface area (Å²) in [5.74, 6) is 1.83. The Kier molecular flexibility index (Phi) is 3.45. The van der Waals surface area contributed by atoms with Crippen LogP contribution in [-0.4, -0.2) is 30.1 Å². The Balaban J connectivity index is 1.33. The Labute approximate surface area is 153 Å². The molecule has 26 heavy (non-hydrogen) atoms. The molecule has 1 aliphatic carbocycles. The van der Waals surface area contributed by atoms with E-state index in [9.17, 15) is 4.79 Å². The topological polar surface area (TPSA) is 63.2 Å². The molecule has 1 fully saturated rings. The number of ether oxygens (including phenoxy) is 1. The van der Waals surface area contributed by atoms with Gasteiger partial charge in [-0.1, -0.05) is 12.1 Å². The number of rotatable bonds is 2. The standard InChI is InChI=1S/C21H23N3O2/c1-13-2-3-14-9-16(12-26-18(14)8-13)24-20(25)15-10-17-19(23-11-15)22-7-6-21(17)4-5-21/h2-3,8,10-11,16H,4-7,9,12H2,1H3,(H,22,23)(H,24,25)/t16-/m1/s1. The molecule has 5 rings (SSSR count). The van der Waals surface area contributed by atoms with Gasteiger partial charge in [-0.2, -0.15) is 0 Å². The number of hydrogen-bond acceptors (Lipinski definition) is 4. The molecule has 2 N–H and O–H groups in total. The minimum Gasteiger partial charge on any atom is -0.491 e. The molecule has 134 valence electrons. The van der Waals surface area contributed by atoms with Crippen molar-refractivity contribution in [3.63, 3.8) is 0 Å². The minimum atomic E-state index is -0.0640. The van der Waals surface area contributed by atoms with Crippen molar-refractivity contribution in [1.29, 1.82) is 0 Å². The van der Waals surface area contributed by atoms with Crippen LogP contribution in [0, 0.1) is 6.92 Å². The van der Waals surface area contributed by atoms with E-state index < -0.39 is 0 Å². The molecule has 2 aromatic rings. The van der Waals surface area contributed by atoms with Crippen LogP contribution in [0.3, 0.4) is 0 Å². The van der Waals surface area contributed by atoms with Gasteiger partial charge >= 0.3 is 0 Å². The van der Waals surface area contributed by atoms with Gasteiger partial charge in [0.1, 0.15) is 18.2 Å². The van der Waals surface area contributed by atoms with E-state index in [0.717, 1.165) is 36.5 Å². The third-order valence-corrected chi connectivity index (χ3v) is 5.94. The fourth-order valence-corrected chi connectivity index (χ4v) is 4.20. The Morgan fingerprint density at radius 2 is 2.19 bits per heavy atom. The quantitative estimate of drug-likeness (QED) is 0.875. The van der Waals surface area contributed by atoms with Gasteiger partial charge in [0.15, 0.2) is 0 Å². The lowest BCUT2D eigenvalue weighted by Gasteiger charge is -2.27. The monoisotopic (exact) mass is 349 g/mol. The zero-order chi connectivity index (χ0) is 17.7. The highest BCUT2D eigenvalue weighted by Crippen LogP contribution is 2.54. The molecule has 1 atom stereocenters. The van der Waals surface area contributed by atoms with Crippen LogP contribution in [0.4, 0.5) is 5.82 Å². The van der Waals surface area contributed by atoms with E-state index in [4.69, 9.17) is 4.74 Å². The van der Waals surface area contributed by atoms with Crippen molar-refractivity contribution in [3.05, 3.63) is 52.7 Å². The molecule has 0 bridgehead atoms. The van der Waals surface area contributed by atoms with Gasteiger partial charge in [-0.25, -0.2) is 4.98 Å². The highest BCUT2D eigenvalue weighted by molar-refractivity contribution is 5.94. The number of carbonyl (C=O) groups is 1. The average molecular weight is 349 g/mol. The lowest BCUT2D eigenvalue weighted by atomic mass is 9.89. The number of nitrogens with one attached hydrogen (secondary N) is 2. The van der Waals surface area contributed by atoms with E-state index in [1.54, 1.807) is 6.20 Å². The van der Waals surface area contributed by atoms with Gasteiger partial charge in [0, 0.05) is 23.7 Å². The van der Waals surface area contributed by atoms with E-state index in [1.807, 2.05) is 6.07 Å². The summed E-state index contributed by atoms with van der Waals surface area (Å²) in [6.07, 6.45) is 6.04. The second-order valence-electron chi connectivity index (χ2n) is 7.87. The first kappa shape index (κ1) is 15.7. The van der Waals surface area contributed by atoms with Gasteiger partial charge in [0.25, 0.3) is 5.91 Å². The van der Waals surface area contributed by atoms with Gasteiger partial charge in [0.2, 0.25) is 0 Å². The molecule has 1 aromatic heterocycles. The molecule has 5 heteroatoms. The number of aryl methyl sites for hydroxylation is 1. The number of pyridine rings is 1. The molecule has 0 saturated heterocycles. The van der Waals surface area contributed by atoms with Crippen molar-refractivity contribution in [2.75, 3.05) is 18.5 Å². The maximum absolute atomic E-state index is 12.8. The summed E-state index contributed by atoms with van der Waals surface area (Å²) in [6.45, 7) is 3.54. The molecule has 1 saturated carbocycles. The lowest BCUT2D eigenvalue weighted by molar-refractivity contribution is 0.0915. The Bertz CT molecular complexity index is 889. The third kappa shape index (κ3) is 2.62. The summed E-state index contributed by atoms with van der Waals surface area (Å²) in [7, 11) is 0. The van der Waals surface area contributed by atoms with Gasteiger partial charge < -0.3 is 15.4 Å². The third-order valence-electron chi connectivity index (χ3n) is 5.94. The van der Waals surface area contributed by atoms with Crippen LogP contribution in [0.2, 0.25) is 0 Å². The molecule has 1 amide bonds. The van der Waals surface area contributed by atoms with Crippen LogP contribution in [0.15, 0.2) is 30.5 Å². The van der Waals surface area contributed by atoms with Crippen molar-refractivity contribution in [3.8, 4) is 5.75 Å². The van der Waals surface area contributed by atoms with Crippen LogP contribution in [0.5, 0.6) is 5.75 Å². The number of anilines is 1. The van der Waals surface area contributed by atoms with Gasteiger partial charge in [-0.3, -0.25) is 4.79 Å². The maximum atomic E-state index is 12.8. The Morgan fingerprint density at radius 1 is 1.31 bits per heavy atom. The molecule has 1 aromatic carbocycles. The van der Waals surface area contributed by atoms with Gasteiger partial charge in [-0.15, -0.1) is 0 Å². The van der Waals surface area contributed by atoms with E-state index in [0.29, 0.717) is 12.2 Å². The molecule has 2 aliphatic heterocycles. The van der Waals surface area contributed by atoms with Crippen LogP contribution >= 0.6 is 0 Å². The Morgan fingerprint density at radius 3 is 3.04 bits per heavy atom. The normalized spacial score (nSPS) is 21.8.